The monoisotopic (exact) mass is 374 g/mol. The minimum atomic E-state index is -4.71. The van der Waals surface area contributed by atoms with Gasteiger partial charge in [0.15, 0.2) is 5.16 Å². The van der Waals surface area contributed by atoms with Crippen molar-refractivity contribution in [2.75, 3.05) is 6.26 Å². The van der Waals surface area contributed by atoms with E-state index in [2.05, 4.69) is 9.97 Å². The number of nitrogens with one attached hydrogen (secondary N) is 1. The highest BCUT2D eigenvalue weighted by atomic mass is 32.2. The molecule has 0 bridgehead atoms. The van der Waals surface area contributed by atoms with Gasteiger partial charge in [-0.15, -0.1) is 0 Å². The maximum absolute atomic E-state index is 14.5. The van der Waals surface area contributed by atoms with Crippen LogP contribution in [0.3, 0.4) is 0 Å². The molecule has 0 fully saturated rings. The van der Waals surface area contributed by atoms with Gasteiger partial charge in [0.25, 0.3) is 5.56 Å². The molecule has 1 aliphatic rings. The van der Waals surface area contributed by atoms with E-state index in [-0.39, 0.29) is 24.2 Å². The number of rotatable bonds is 2. The molecule has 1 atom stereocenters. The lowest BCUT2D eigenvalue weighted by molar-refractivity contribution is -0.140. The summed E-state index contributed by atoms with van der Waals surface area (Å²) in [5, 5.41) is 0.352. The zero-order valence-corrected chi connectivity index (χ0v) is 14.1. The lowest BCUT2D eigenvalue weighted by Gasteiger charge is -2.27. The van der Waals surface area contributed by atoms with Gasteiger partial charge in [0.2, 0.25) is 0 Å². The largest absolute Gasteiger partial charge is 0.416 e. The van der Waals surface area contributed by atoms with Crippen LogP contribution in [-0.2, 0) is 23.9 Å². The summed E-state index contributed by atoms with van der Waals surface area (Å²) in [4.78, 5) is 18.8. The Labute approximate surface area is 144 Å². The minimum absolute atomic E-state index is 0.0982. The third-order valence-electron chi connectivity index (χ3n) is 4.08. The summed E-state index contributed by atoms with van der Waals surface area (Å²) in [6.07, 6.45) is -4.26. The second kappa shape index (κ2) is 6.45. The Morgan fingerprint density at radius 3 is 2.72 bits per heavy atom. The lowest BCUT2D eigenvalue weighted by atomic mass is 9.93. The number of hydrogen-bond donors (Lipinski definition) is 1. The van der Waals surface area contributed by atoms with Crippen molar-refractivity contribution in [2.45, 2.75) is 37.4 Å². The predicted octanol–water partition coefficient (Wildman–Crippen LogP) is 3.77. The van der Waals surface area contributed by atoms with Gasteiger partial charge in [-0.05, 0) is 24.8 Å². The number of hydrogen-bond acceptors (Lipinski definition) is 4. The molecule has 2 aromatic rings. The molecule has 0 saturated heterocycles. The van der Waals surface area contributed by atoms with Crippen LogP contribution in [-0.4, -0.2) is 16.2 Å². The van der Waals surface area contributed by atoms with Crippen molar-refractivity contribution in [3.05, 3.63) is 56.3 Å². The fourth-order valence-electron chi connectivity index (χ4n) is 2.80. The fourth-order valence-corrected chi connectivity index (χ4v) is 3.20. The number of fused-ring (bicyclic) bond motifs is 1. The van der Waals surface area contributed by atoms with Crippen molar-refractivity contribution >= 4 is 11.8 Å². The molecule has 0 radical (unpaired) electrons. The SMILES string of the molecule is CSc1nc2c(c(=O)[nH]1)COC(c1c(C(F)(F)F)ccc(C)c1F)C2. The van der Waals surface area contributed by atoms with Crippen molar-refractivity contribution in [3.63, 3.8) is 0 Å². The van der Waals surface area contributed by atoms with E-state index in [4.69, 9.17) is 4.74 Å². The van der Waals surface area contributed by atoms with Crippen LogP contribution in [0, 0.1) is 12.7 Å². The summed E-state index contributed by atoms with van der Waals surface area (Å²) >= 11 is 1.20. The molecule has 1 N–H and O–H groups in total. The molecule has 1 unspecified atom stereocenters. The lowest BCUT2D eigenvalue weighted by Crippen LogP contribution is -2.28. The van der Waals surface area contributed by atoms with Crippen LogP contribution >= 0.6 is 11.8 Å². The standard InChI is InChI=1S/C16H14F4N2O2S/c1-7-3-4-9(16(18,19)20)12(13(7)17)11-5-10-8(6-24-11)14(23)22-15(21-10)25-2/h3-4,11H,5-6H2,1-2H3,(H,21,22,23). The number of aryl methyl sites for hydroxylation is 1. The topological polar surface area (TPSA) is 55.0 Å². The van der Waals surface area contributed by atoms with Crippen molar-refractivity contribution in [1.82, 2.24) is 9.97 Å². The van der Waals surface area contributed by atoms with Gasteiger partial charge in [-0.25, -0.2) is 9.37 Å². The Morgan fingerprint density at radius 2 is 2.08 bits per heavy atom. The van der Waals surface area contributed by atoms with Gasteiger partial charge in [-0.2, -0.15) is 13.2 Å². The van der Waals surface area contributed by atoms with Gasteiger partial charge < -0.3 is 9.72 Å². The molecule has 134 valence electrons. The molecule has 3 rings (SSSR count). The van der Waals surface area contributed by atoms with Gasteiger partial charge in [-0.1, -0.05) is 17.8 Å². The number of aromatic nitrogens is 2. The summed E-state index contributed by atoms with van der Waals surface area (Å²) in [6, 6.07) is 1.94. The van der Waals surface area contributed by atoms with E-state index in [9.17, 15) is 22.4 Å². The third-order valence-corrected chi connectivity index (χ3v) is 4.66. The van der Waals surface area contributed by atoms with Crippen molar-refractivity contribution < 1.29 is 22.3 Å². The molecule has 25 heavy (non-hydrogen) atoms. The van der Waals surface area contributed by atoms with Crippen LogP contribution in [0.25, 0.3) is 0 Å². The molecule has 1 aliphatic heterocycles. The summed E-state index contributed by atoms with van der Waals surface area (Å²) in [5.41, 5.74) is -1.31. The van der Waals surface area contributed by atoms with Crippen LogP contribution in [0.2, 0.25) is 0 Å². The smallest absolute Gasteiger partial charge is 0.368 e. The fraction of sp³-hybridized carbons (Fsp3) is 0.375. The van der Waals surface area contributed by atoms with Gasteiger partial charge in [0, 0.05) is 12.0 Å². The van der Waals surface area contributed by atoms with Crippen molar-refractivity contribution in [1.29, 1.82) is 0 Å². The van der Waals surface area contributed by atoms with E-state index in [1.165, 1.54) is 18.7 Å². The molecule has 0 saturated carbocycles. The average molecular weight is 374 g/mol. The highest BCUT2D eigenvalue weighted by molar-refractivity contribution is 7.98. The van der Waals surface area contributed by atoms with Gasteiger partial charge >= 0.3 is 6.18 Å². The third kappa shape index (κ3) is 3.30. The maximum Gasteiger partial charge on any atom is 0.416 e. The summed E-state index contributed by atoms with van der Waals surface area (Å²) in [5.74, 6) is -0.946. The average Bonchev–Trinajstić information content (AvgIpc) is 2.55. The first-order valence-corrected chi connectivity index (χ1v) is 8.58. The van der Waals surface area contributed by atoms with Gasteiger partial charge in [0.05, 0.1) is 29.5 Å². The van der Waals surface area contributed by atoms with Crippen LogP contribution in [0.4, 0.5) is 17.6 Å². The first kappa shape index (κ1) is 17.9. The Bertz CT molecular complexity index is 880. The number of ether oxygens (including phenoxy) is 1. The van der Waals surface area contributed by atoms with Crippen LogP contribution < -0.4 is 5.56 Å². The zero-order chi connectivity index (χ0) is 18.4. The molecular formula is C16H14F4N2O2S. The van der Waals surface area contributed by atoms with Crippen LogP contribution in [0.1, 0.15) is 34.1 Å². The summed E-state index contributed by atoms with van der Waals surface area (Å²) < 4.78 is 59.8. The molecule has 1 aromatic carbocycles. The molecule has 9 heteroatoms. The molecule has 2 heterocycles. The van der Waals surface area contributed by atoms with Crippen molar-refractivity contribution in [3.8, 4) is 0 Å². The Kier molecular flexibility index (Phi) is 4.63. The zero-order valence-electron chi connectivity index (χ0n) is 13.3. The molecule has 4 nitrogen and oxygen atoms in total. The number of nitrogens with zero attached hydrogens (tertiary/aromatic N) is 1. The number of alkyl halides is 3. The molecule has 1 aromatic heterocycles. The predicted molar refractivity (Wildman–Crippen MR) is 84.0 cm³/mol. The van der Waals surface area contributed by atoms with E-state index in [1.54, 1.807) is 6.26 Å². The molecule has 0 amide bonds. The molecule has 0 aliphatic carbocycles. The van der Waals surface area contributed by atoms with E-state index in [0.29, 0.717) is 10.9 Å². The second-order valence-electron chi connectivity index (χ2n) is 5.66. The first-order valence-electron chi connectivity index (χ1n) is 7.36. The Morgan fingerprint density at radius 1 is 1.36 bits per heavy atom. The van der Waals surface area contributed by atoms with E-state index < -0.39 is 34.8 Å². The number of H-pyrrole nitrogens is 1. The van der Waals surface area contributed by atoms with Crippen LogP contribution in [0.5, 0.6) is 0 Å². The summed E-state index contributed by atoms with van der Waals surface area (Å²) in [7, 11) is 0. The Hall–Kier alpha value is -1.87. The highest BCUT2D eigenvalue weighted by Gasteiger charge is 2.39. The van der Waals surface area contributed by atoms with Gasteiger partial charge in [0.1, 0.15) is 5.82 Å². The number of thioether (sulfide) groups is 1. The first-order chi connectivity index (χ1) is 11.7. The van der Waals surface area contributed by atoms with E-state index in [1.807, 2.05) is 0 Å². The molecular weight excluding hydrogens is 360 g/mol. The Balaban J connectivity index is 2.10. The number of aromatic amines is 1. The number of halogens is 4. The van der Waals surface area contributed by atoms with E-state index >= 15 is 0 Å². The quantitative estimate of drug-likeness (QED) is 0.494. The maximum atomic E-state index is 14.5. The van der Waals surface area contributed by atoms with Crippen LogP contribution in [0.15, 0.2) is 22.1 Å². The minimum Gasteiger partial charge on any atom is -0.368 e. The van der Waals surface area contributed by atoms with Gasteiger partial charge in [-0.3, -0.25) is 4.79 Å². The van der Waals surface area contributed by atoms with E-state index in [0.717, 1.165) is 12.1 Å². The number of benzene rings is 1. The summed E-state index contributed by atoms with van der Waals surface area (Å²) in [6.45, 7) is 1.17. The highest BCUT2D eigenvalue weighted by Crippen LogP contribution is 2.40. The van der Waals surface area contributed by atoms with Crippen molar-refractivity contribution in [2.24, 2.45) is 0 Å². The molecule has 0 spiro atoms. The normalized spacial score (nSPS) is 17.4. The second-order valence-corrected chi connectivity index (χ2v) is 6.45.